The van der Waals surface area contributed by atoms with Gasteiger partial charge >= 0.3 is 11.9 Å². The van der Waals surface area contributed by atoms with Crippen LogP contribution in [0.3, 0.4) is 0 Å². The number of nitrogens with one attached hydrogen (secondary N) is 1. The third-order valence-electron chi connectivity index (χ3n) is 4.45. The lowest BCUT2D eigenvalue weighted by Gasteiger charge is -2.21. The zero-order chi connectivity index (χ0) is 22.6. The van der Waals surface area contributed by atoms with Crippen molar-refractivity contribution in [1.29, 1.82) is 0 Å². The average molecular weight is 499 g/mol. The van der Waals surface area contributed by atoms with Gasteiger partial charge in [0.15, 0.2) is 13.2 Å². The number of hydrogen-bond acceptors (Lipinski definition) is 5. The lowest BCUT2D eigenvalue weighted by molar-refractivity contribution is -0.121. The third kappa shape index (κ3) is 5.63. The van der Waals surface area contributed by atoms with Gasteiger partial charge < -0.3 is 9.47 Å². The molecular weight excluding hydrogens is 481 g/mol. The molecule has 1 unspecified atom stereocenters. The van der Waals surface area contributed by atoms with Gasteiger partial charge in [-0.25, -0.2) is 14.6 Å². The van der Waals surface area contributed by atoms with Crippen LogP contribution in [0.25, 0.3) is 0 Å². The van der Waals surface area contributed by atoms with E-state index in [-0.39, 0.29) is 39.6 Å². The Morgan fingerprint density at radius 2 is 1.94 bits per heavy atom. The predicted molar refractivity (Wildman–Crippen MR) is 110 cm³/mol. The van der Waals surface area contributed by atoms with Crippen LogP contribution < -0.4 is 10.2 Å². The number of halogens is 4. The summed E-state index contributed by atoms with van der Waals surface area (Å²) in [6.07, 6.45) is 0.155. The minimum absolute atomic E-state index is 0.121. The van der Waals surface area contributed by atoms with Crippen molar-refractivity contribution in [1.82, 2.24) is 5.43 Å². The number of benzene rings is 2. The SMILES string of the molecule is CC1CC(=O)NN=C1c1ccc(OCC(F)(F)COC(=O)c2ccccc2)c(Br)c1F. The van der Waals surface area contributed by atoms with Gasteiger partial charge in [-0.3, -0.25) is 4.79 Å². The number of hydrogen-bond donors (Lipinski definition) is 1. The molecule has 164 valence electrons. The van der Waals surface area contributed by atoms with E-state index in [1.807, 2.05) is 0 Å². The fraction of sp³-hybridized carbons (Fsp3) is 0.286. The van der Waals surface area contributed by atoms with Crippen LogP contribution in [0.2, 0.25) is 0 Å². The lowest BCUT2D eigenvalue weighted by Crippen LogP contribution is -2.33. The van der Waals surface area contributed by atoms with E-state index in [1.165, 1.54) is 24.3 Å². The minimum atomic E-state index is -3.49. The zero-order valence-corrected chi connectivity index (χ0v) is 17.9. The lowest BCUT2D eigenvalue weighted by atomic mass is 9.94. The molecule has 2 aromatic rings. The van der Waals surface area contributed by atoms with E-state index in [2.05, 4.69) is 31.2 Å². The van der Waals surface area contributed by atoms with Gasteiger partial charge in [-0.1, -0.05) is 25.1 Å². The number of esters is 1. The molecule has 0 bridgehead atoms. The van der Waals surface area contributed by atoms with Gasteiger partial charge in [-0.2, -0.15) is 13.9 Å². The Balaban J connectivity index is 1.64. The van der Waals surface area contributed by atoms with E-state index < -0.39 is 30.9 Å². The second-order valence-electron chi connectivity index (χ2n) is 6.96. The van der Waals surface area contributed by atoms with Crippen molar-refractivity contribution in [3.63, 3.8) is 0 Å². The van der Waals surface area contributed by atoms with Crippen molar-refractivity contribution in [3.05, 3.63) is 63.9 Å². The predicted octanol–water partition coefficient (Wildman–Crippen LogP) is 4.32. The quantitative estimate of drug-likeness (QED) is 0.576. The number of ether oxygens (including phenoxy) is 2. The van der Waals surface area contributed by atoms with Crippen LogP contribution in [0.15, 0.2) is 52.0 Å². The van der Waals surface area contributed by atoms with Crippen LogP contribution >= 0.6 is 15.9 Å². The Bertz CT molecular complexity index is 1020. The topological polar surface area (TPSA) is 77.0 Å². The van der Waals surface area contributed by atoms with E-state index in [4.69, 9.17) is 4.74 Å². The van der Waals surface area contributed by atoms with Crippen LogP contribution in [0.1, 0.15) is 29.3 Å². The molecule has 3 rings (SSSR count). The molecule has 1 amide bonds. The van der Waals surface area contributed by atoms with Gasteiger partial charge in [-0.15, -0.1) is 0 Å². The van der Waals surface area contributed by atoms with Gasteiger partial charge in [0, 0.05) is 17.9 Å². The van der Waals surface area contributed by atoms with Gasteiger partial charge in [0.1, 0.15) is 11.6 Å². The average Bonchev–Trinajstić information content (AvgIpc) is 2.74. The Morgan fingerprint density at radius 3 is 2.61 bits per heavy atom. The highest BCUT2D eigenvalue weighted by molar-refractivity contribution is 9.10. The Labute approximate surface area is 184 Å². The van der Waals surface area contributed by atoms with Crippen LogP contribution in [-0.2, 0) is 9.53 Å². The molecule has 0 fully saturated rings. The maximum atomic E-state index is 14.8. The molecular formula is C21H18BrF3N2O4. The molecule has 0 spiro atoms. The summed E-state index contributed by atoms with van der Waals surface area (Å²) in [6, 6.07) is 10.4. The summed E-state index contributed by atoms with van der Waals surface area (Å²) < 4.78 is 52.6. The molecule has 6 nitrogen and oxygen atoms in total. The molecule has 1 N–H and O–H groups in total. The van der Waals surface area contributed by atoms with Gasteiger partial charge in [0.05, 0.1) is 15.7 Å². The van der Waals surface area contributed by atoms with Gasteiger partial charge in [0.2, 0.25) is 5.91 Å². The zero-order valence-electron chi connectivity index (χ0n) is 16.3. The van der Waals surface area contributed by atoms with Crippen molar-refractivity contribution in [2.45, 2.75) is 19.3 Å². The highest BCUT2D eigenvalue weighted by atomic mass is 79.9. The maximum absolute atomic E-state index is 14.8. The van der Waals surface area contributed by atoms with Crippen molar-refractivity contribution in [2.24, 2.45) is 11.0 Å². The summed E-state index contributed by atoms with van der Waals surface area (Å²) in [4.78, 5) is 23.2. The van der Waals surface area contributed by atoms with E-state index >= 15 is 0 Å². The molecule has 0 aromatic heterocycles. The second kappa shape index (κ2) is 9.51. The highest BCUT2D eigenvalue weighted by Crippen LogP contribution is 2.33. The summed E-state index contributed by atoms with van der Waals surface area (Å²) >= 11 is 3.02. The molecule has 0 saturated carbocycles. The molecule has 0 aliphatic carbocycles. The molecule has 10 heteroatoms. The van der Waals surface area contributed by atoms with Crippen LogP contribution in [0, 0.1) is 11.7 Å². The second-order valence-corrected chi connectivity index (χ2v) is 7.76. The Hall–Kier alpha value is -2.88. The first kappa shape index (κ1) is 22.8. The third-order valence-corrected chi connectivity index (χ3v) is 5.18. The molecule has 0 radical (unpaired) electrons. The number of nitrogens with zero attached hydrogens (tertiary/aromatic N) is 1. The highest BCUT2D eigenvalue weighted by Gasteiger charge is 2.33. The Kier molecular flexibility index (Phi) is 6.99. The molecule has 1 aliphatic heterocycles. The van der Waals surface area contributed by atoms with E-state index in [0.717, 1.165) is 0 Å². The fourth-order valence-electron chi connectivity index (χ4n) is 2.87. The van der Waals surface area contributed by atoms with Crippen molar-refractivity contribution < 1.29 is 32.2 Å². The van der Waals surface area contributed by atoms with E-state index in [9.17, 15) is 22.8 Å². The first-order valence-electron chi connectivity index (χ1n) is 9.25. The molecule has 2 aromatic carbocycles. The maximum Gasteiger partial charge on any atom is 0.338 e. The largest absolute Gasteiger partial charge is 0.486 e. The van der Waals surface area contributed by atoms with Crippen LogP contribution in [0.5, 0.6) is 5.75 Å². The first-order valence-corrected chi connectivity index (χ1v) is 10.0. The number of hydrazone groups is 1. The summed E-state index contributed by atoms with van der Waals surface area (Å²) in [7, 11) is 0. The van der Waals surface area contributed by atoms with E-state index in [0.29, 0.717) is 5.71 Å². The Morgan fingerprint density at radius 1 is 1.23 bits per heavy atom. The minimum Gasteiger partial charge on any atom is -0.486 e. The van der Waals surface area contributed by atoms with Crippen molar-refractivity contribution >= 4 is 33.5 Å². The van der Waals surface area contributed by atoms with Gasteiger partial charge in [-0.05, 0) is 40.2 Å². The molecule has 0 saturated heterocycles. The van der Waals surface area contributed by atoms with Crippen molar-refractivity contribution in [2.75, 3.05) is 13.2 Å². The van der Waals surface area contributed by atoms with E-state index in [1.54, 1.807) is 25.1 Å². The first-order chi connectivity index (χ1) is 14.7. The van der Waals surface area contributed by atoms with Crippen molar-refractivity contribution in [3.8, 4) is 5.75 Å². The number of rotatable bonds is 7. The summed E-state index contributed by atoms with van der Waals surface area (Å²) in [5.41, 5.74) is 2.90. The molecule has 1 heterocycles. The summed E-state index contributed by atoms with van der Waals surface area (Å²) in [5.74, 6) is -5.87. The standard InChI is InChI=1S/C21H18BrF3N2O4/c1-12-9-16(28)26-27-19(12)14-7-8-15(17(22)18(14)23)30-10-21(24,25)11-31-20(29)13-5-3-2-4-6-13/h2-8,12H,9-11H2,1H3,(H,26,28). The number of carbonyl (C=O) groups excluding carboxylic acids is 2. The summed E-state index contributed by atoms with van der Waals surface area (Å²) in [6.45, 7) is -0.584. The van der Waals surface area contributed by atoms with Gasteiger partial charge in [0.25, 0.3) is 0 Å². The molecule has 1 atom stereocenters. The number of carbonyl (C=O) groups is 2. The normalized spacial score (nSPS) is 16.4. The number of amides is 1. The molecule has 1 aliphatic rings. The fourth-order valence-corrected chi connectivity index (χ4v) is 3.33. The summed E-state index contributed by atoms with van der Waals surface area (Å²) in [5, 5.41) is 3.89. The smallest absolute Gasteiger partial charge is 0.338 e. The molecule has 31 heavy (non-hydrogen) atoms. The van der Waals surface area contributed by atoms with Crippen LogP contribution in [-0.4, -0.2) is 36.7 Å². The number of alkyl halides is 2. The van der Waals surface area contributed by atoms with Crippen LogP contribution in [0.4, 0.5) is 13.2 Å². The monoisotopic (exact) mass is 498 g/mol.